The number of hydrogen-bond donors (Lipinski definition) is 2. The first kappa shape index (κ1) is 24.5. The lowest BCUT2D eigenvalue weighted by Crippen LogP contribution is -2.20. The first-order valence-corrected chi connectivity index (χ1v) is 10.8. The molecule has 2 amide bonds. The molecule has 172 valence electrons. The summed E-state index contributed by atoms with van der Waals surface area (Å²) in [7, 11) is 0. The average Bonchev–Trinajstić information content (AvgIpc) is 2.83. The third-order valence-electron chi connectivity index (χ3n) is 4.76. The monoisotopic (exact) mass is 477 g/mol. The number of hydrogen-bond acceptors (Lipinski definition) is 4. The Kier molecular flexibility index (Phi) is 8.38. The molecule has 0 aliphatic carbocycles. The Balaban J connectivity index is 1.63. The number of nitrogens with zero attached hydrogens (tertiary/aromatic N) is 1. The average molecular weight is 478 g/mol. The smallest absolute Gasteiger partial charge is 0.266 e. The van der Waals surface area contributed by atoms with Crippen LogP contribution < -0.4 is 15.4 Å². The van der Waals surface area contributed by atoms with Crippen LogP contribution in [0.5, 0.6) is 5.75 Å². The number of carbonyl (C=O) groups excluding carboxylic acids is 2. The molecule has 0 aliphatic rings. The first-order chi connectivity index (χ1) is 16.4. The number of anilines is 2. The van der Waals surface area contributed by atoms with Crippen LogP contribution in [0.4, 0.5) is 15.8 Å². The number of amides is 2. The van der Waals surface area contributed by atoms with Crippen LogP contribution in [-0.4, -0.2) is 18.4 Å². The molecule has 3 rings (SSSR count). The fourth-order valence-electron chi connectivity index (χ4n) is 2.95. The minimum Gasteiger partial charge on any atom is -0.482 e. The van der Waals surface area contributed by atoms with Gasteiger partial charge in [0.2, 0.25) is 0 Å². The number of benzene rings is 3. The van der Waals surface area contributed by atoms with Crippen molar-refractivity contribution in [2.45, 2.75) is 13.3 Å². The number of nitriles is 1. The number of nitrogens with one attached hydrogen (secondary N) is 2. The lowest BCUT2D eigenvalue weighted by Gasteiger charge is -2.10. The summed E-state index contributed by atoms with van der Waals surface area (Å²) in [4.78, 5) is 24.5. The van der Waals surface area contributed by atoms with E-state index in [0.29, 0.717) is 11.3 Å². The van der Waals surface area contributed by atoms with Crippen LogP contribution in [0.2, 0.25) is 5.02 Å². The molecule has 0 heterocycles. The second-order valence-corrected chi connectivity index (χ2v) is 7.59. The van der Waals surface area contributed by atoms with Crippen molar-refractivity contribution in [2.75, 3.05) is 17.2 Å². The third kappa shape index (κ3) is 6.67. The molecule has 0 fully saturated rings. The number of rotatable bonds is 8. The van der Waals surface area contributed by atoms with Crippen LogP contribution in [0.1, 0.15) is 18.1 Å². The Morgan fingerprint density at radius 2 is 1.82 bits per heavy atom. The largest absolute Gasteiger partial charge is 0.482 e. The molecule has 8 heteroatoms. The first-order valence-electron chi connectivity index (χ1n) is 10.4. The molecule has 3 aromatic rings. The van der Waals surface area contributed by atoms with E-state index in [2.05, 4.69) is 10.6 Å². The molecule has 0 saturated heterocycles. The fraction of sp³-hybridized carbons (Fsp3) is 0.115. The van der Waals surface area contributed by atoms with E-state index in [-0.39, 0.29) is 28.6 Å². The van der Waals surface area contributed by atoms with Crippen molar-refractivity contribution < 1.29 is 18.7 Å². The van der Waals surface area contributed by atoms with Gasteiger partial charge in [0.25, 0.3) is 11.8 Å². The number of ether oxygens (including phenoxy) is 1. The second-order valence-electron chi connectivity index (χ2n) is 7.18. The van der Waals surface area contributed by atoms with Crippen molar-refractivity contribution in [2.24, 2.45) is 0 Å². The van der Waals surface area contributed by atoms with Gasteiger partial charge in [-0.25, -0.2) is 4.39 Å². The lowest BCUT2D eigenvalue weighted by atomic mass is 10.1. The van der Waals surface area contributed by atoms with Crippen molar-refractivity contribution in [3.8, 4) is 11.8 Å². The van der Waals surface area contributed by atoms with Gasteiger partial charge in [-0.15, -0.1) is 0 Å². The van der Waals surface area contributed by atoms with Gasteiger partial charge in [-0.3, -0.25) is 9.59 Å². The van der Waals surface area contributed by atoms with Crippen LogP contribution in [0, 0.1) is 17.1 Å². The molecule has 0 aliphatic heterocycles. The van der Waals surface area contributed by atoms with E-state index < -0.39 is 17.6 Å². The number of aryl methyl sites for hydroxylation is 1. The molecular weight excluding hydrogens is 457 g/mol. The maximum atomic E-state index is 13.6. The van der Waals surface area contributed by atoms with Gasteiger partial charge in [0.05, 0.1) is 10.7 Å². The van der Waals surface area contributed by atoms with Gasteiger partial charge in [0.15, 0.2) is 6.61 Å². The zero-order valence-corrected chi connectivity index (χ0v) is 19.0. The zero-order valence-electron chi connectivity index (χ0n) is 18.3. The Hall–Kier alpha value is -4.15. The Bertz CT molecular complexity index is 1270. The highest BCUT2D eigenvalue weighted by Crippen LogP contribution is 2.27. The fourth-order valence-corrected chi connectivity index (χ4v) is 3.20. The minimum atomic E-state index is -0.555. The second kappa shape index (κ2) is 11.6. The van der Waals surface area contributed by atoms with Crippen LogP contribution in [0.25, 0.3) is 6.08 Å². The summed E-state index contributed by atoms with van der Waals surface area (Å²) in [6.45, 7) is 1.65. The summed E-state index contributed by atoms with van der Waals surface area (Å²) in [5.41, 5.74) is 2.16. The summed E-state index contributed by atoms with van der Waals surface area (Å²) in [5, 5.41) is 14.7. The van der Waals surface area contributed by atoms with Crippen molar-refractivity contribution in [1.29, 1.82) is 5.26 Å². The topological polar surface area (TPSA) is 91.2 Å². The Morgan fingerprint density at radius 3 is 2.47 bits per heavy atom. The van der Waals surface area contributed by atoms with Crippen molar-refractivity contribution >= 4 is 40.9 Å². The van der Waals surface area contributed by atoms with Gasteiger partial charge in [0.1, 0.15) is 23.2 Å². The number of halogens is 2. The third-order valence-corrected chi connectivity index (χ3v) is 5.05. The molecule has 0 radical (unpaired) electrons. The maximum Gasteiger partial charge on any atom is 0.266 e. The van der Waals surface area contributed by atoms with Gasteiger partial charge in [-0.2, -0.15) is 5.26 Å². The predicted molar refractivity (Wildman–Crippen MR) is 130 cm³/mol. The van der Waals surface area contributed by atoms with Crippen molar-refractivity contribution in [3.05, 3.63) is 94.3 Å². The molecule has 6 nitrogen and oxygen atoms in total. The predicted octanol–water partition coefficient (Wildman–Crippen LogP) is 5.60. The summed E-state index contributed by atoms with van der Waals surface area (Å²) in [6, 6.07) is 19.6. The number of carbonyl (C=O) groups is 2. The van der Waals surface area contributed by atoms with E-state index in [4.69, 9.17) is 16.3 Å². The summed E-state index contributed by atoms with van der Waals surface area (Å²) in [6.07, 6.45) is 2.28. The van der Waals surface area contributed by atoms with Gasteiger partial charge in [-0.05, 0) is 60.0 Å². The van der Waals surface area contributed by atoms with E-state index in [1.807, 2.05) is 25.1 Å². The van der Waals surface area contributed by atoms with Gasteiger partial charge in [-0.1, -0.05) is 48.9 Å². The minimum absolute atomic E-state index is 0.0475. The van der Waals surface area contributed by atoms with E-state index in [1.54, 1.807) is 24.3 Å². The van der Waals surface area contributed by atoms with Crippen LogP contribution >= 0.6 is 11.6 Å². The summed E-state index contributed by atoms with van der Waals surface area (Å²) >= 11 is 6.23. The van der Waals surface area contributed by atoms with Crippen LogP contribution in [0.15, 0.2) is 72.3 Å². The standard InChI is InChI=1S/C26H21ClFN3O3/c1-2-17-7-10-20(11-8-17)30-26(33)19(15-29)13-18-9-12-24(21(27)14-18)34-16-25(32)31-23-6-4-3-5-22(23)28/h3-14H,2,16H2,1H3,(H,30,33)(H,31,32)/b19-13-. The quantitative estimate of drug-likeness (QED) is 0.326. The molecule has 0 spiro atoms. The number of para-hydroxylation sites is 1. The van der Waals surface area contributed by atoms with E-state index >= 15 is 0 Å². The van der Waals surface area contributed by atoms with Crippen LogP contribution in [-0.2, 0) is 16.0 Å². The molecular formula is C26H21ClFN3O3. The highest BCUT2D eigenvalue weighted by Gasteiger charge is 2.12. The van der Waals surface area contributed by atoms with Gasteiger partial charge in [0, 0.05) is 5.69 Å². The van der Waals surface area contributed by atoms with Crippen molar-refractivity contribution in [3.63, 3.8) is 0 Å². The van der Waals surface area contributed by atoms with E-state index in [9.17, 15) is 19.2 Å². The summed E-state index contributed by atoms with van der Waals surface area (Å²) < 4.78 is 19.0. The molecule has 0 saturated carbocycles. The van der Waals surface area contributed by atoms with Gasteiger partial charge < -0.3 is 15.4 Å². The molecule has 0 bridgehead atoms. The van der Waals surface area contributed by atoms with E-state index in [1.165, 1.54) is 36.4 Å². The zero-order chi connectivity index (χ0) is 24.5. The lowest BCUT2D eigenvalue weighted by molar-refractivity contribution is -0.118. The molecule has 34 heavy (non-hydrogen) atoms. The van der Waals surface area contributed by atoms with Crippen molar-refractivity contribution in [1.82, 2.24) is 0 Å². The van der Waals surface area contributed by atoms with E-state index in [0.717, 1.165) is 12.0 Å². The molecule has 0 aromatic heterocycles. The Morgan fingerprint density at radius 1 is 1.09 bits per heavy atom. The Labute approximate surface area is 201 Å². The maximum absolute atomic E-state index is 13.6. The molecule has 3 aromatic carbocycles. The summed E-state index contributed by atoms with van der Waals surface area (Å²) in [5.74, 6) is -1.43. The highest BCUT2D eigenvalue weighted by molar-refractivity contribution is 6.32. The van der Waals surface area contributed by atoms with Gasteiger partial charge >= 0.3 is 0 Å². The molecule has 0 atom stereocenters. The molecule has 0 unspecified atom stereocenters. The molecule has 2 N–H and O–H groups in total. The SMILES string of the molecule is CCc1ccc(NC(=O)/C(C#N)=C\c2ccc(OCC(=O)Nc3ccccc3F)c(Cl)c2)cc1. The normalized spacial score (nSPS) is 10.8. The highest BCUT2D eigenvalue weighted by atomic mass is 35.5. The van der Waals surface area contributed by atoms with Crippen LogP contribution in [0.3, 0.4) is 0 Å².